The minimum Gasteiger partial charge on any atom is -0.459 e. The Bertz CT molecular complexity index is 1210. The van der Waals surface area contributed by atoms with Crippen LogP contribution < -0.4 is 11.1 Å². The molecule has 3 aromatic heterocycles. The summed E-state index contributed by atoms with van der Waals surface area (Å²) in [5.41, 5.74) is 4.95. The van der Waals surface area contributed by atoms with Crippen LogP contribution in [0.5, 0.6) is 0 Å². The first-order valence-corrected chi connectivity index (χ1v) is 12.8. The number of aliphatic hydroxyl groups excluding tert-OH is 1. The number of aliphatic hydroxyl groups is 1. The quantitative estimate of drug-likeness (QED) is 0.159. The van der Waals surface area contributed by atoms with E-state index in [0.717, 1.165) is 17.4 Å². The lowest BCUT2D eigenvalue weighted by Gasteiger charge is -2.11. The summed E-state index contributed by atoms with van der Waals surface area (Å²) >= 11 is 2.85. The number of halogens is 3. The zero-order valence-corrected chi connectivity index (χ0v) is 21.1. The lowest BCUT2D eigenvalue weighted by molar-refractivity contribution is -0.141. The fraction of sp³-hybridized carbons (Fsp3) is 0.333. The number of nitrogens with one attached hydrogen (secondary N) is 1. The van der Waals surface area contributed by atoms with E-state index in [4.69, 9.17) is 10.5 Å². The molecule has 0 aromatic carbocycles. The van der Waals surface area contributed by atoms with Crippen molar-refractivity contribution >= 4 is 51.3 Å². The van der Waals surface area contributed by atoms with Crippen molar-refractivity contribution in [3.8, 4) is 10.6 Å². The molecule has 0 radical (unpaired) electrons. The van der Waals surface area contributed by atoms with Gasteiger partial charge in [0.05, 0.1) is 32.9 Å². The summed E-state index contributed by atoms with van der Waals surface area (Å²) in [6.07, 6.45) is -6.49. The van der Waals surface area contributed by atoms with Gasteiger partial charge in [-0.05, 0) is 43.8 Å². The highest BCUT2D eigenvalue weighted by Crippen LogP contribution is 2.37. The smallest absolute Gasteiger partial charge is 0.433 e. The molecule has 3 aromatic rings. The summed E-state index contributed by atoms with van der Waals surface area (Å²) in [5, 5.41) is 14.0. The maximum absolute atomic E-state index is 13.3. The molecule has 3 heterocycles. The van der Waals surface area contributed by atoms with E-state index in [0.29, 0.717) is 22.2 Å². The van der Waals surface area contributed by atoms with Crippen molar-refractivity contribution in [1.29, 1.82) is 0 Å². The Morgan fingerprint density at radius 1 is 1.31 bits per heavy atom. The molecule has 8 nitrogen and oxygen atoms in total. The number of hydrogen-bond acceptors (Lipinski definition) is 10. The van der Waals surface area contributed by atoms with Crippen LogP contribution >= 0.6 is 34.4 Å². The third kappa shape index (κ3) is 6.79. The van der Waals surface area contributed by atoms with Crippen LogP contribution in [-0.2, 0) is 15.7 Å². The summed E-state index contributed by atoms with van der Waals surface area (Å²) in [6.45, 7) is 4.88. The van der Waals surface area contributed by atoms with Crippen LogP contribution in [-0.4, -0.2) is 38.8 Å². The fourth-order valence-electron chi connectivity index (χ4n) is 2.90. The van der Waals surface area contributed by atoms with Gasteiger partial charge in [0.2, 0.25) is 5.91 Å². The number of carbonyl (C=O) groups excluding carboxylic acids is 2. The van der Waals surface area contributed by atoms with Crippen LogP contribution in [0.25, 0.3) is 10.6 Å². The summed E-state index contributed by atoms with van der Waals surface area (Å²) in [4.78, 5) is 33.7. The molecule has 0 saturated heterocycles. The first kappa shape index (κ1) is 27.1. The summed E-state index contributed by atoms with van der Waals surface area (Å²) in [6, 6.07) is 4.18. The Balaban J connectivity index is 1.82. The number of anilines is 1. The molecular formula is C21H21F3N4O4S3. The molecule has 0 aliphatic heterocycles. The number of aromatic nitrogens is 2. The average Bonchev–Trinajstić information content (AvgIpc) is 3.39. The molecule has 1 atom stereocenters. The van der Waals surface area contributed by atoms with E-state index in [2.05, 4.69) is 15.3 Å². The van der Waals surface area contributed by atoms with Crippen molar-refractivity contribution in [3.05, 3.63) is 45.3 Å². The van der Waals surface area contributed by atoms with E-state index in [1.165, 1.54) is 11.3 Å². The van der Waals surface area contributed by atoms with Crippen LogP contribution in [0.2, 0.25) is 0 Å². The highest BCUT2D eigenvalue weighted by atomic mass is 32.2. The van der Waals surface area contributed by atoms with Gasteiger partial charge in [0.15, 0.2) is 5.16 Å². The Morgan fingerprint density at radius 2 is 2.03 bits per heavy atom. The minimum atomic E-state index is -4.69. The van der Waals surface area contributed by atoms with Gasteiger partial charge in [-0.15, -0.1) is 22.7 Å². The summed E-state index contributed by atoms with van der Waals surface area (Å²) < 4.78 is 45.2. The van der Waals surface area contributed by atoms with Gasteiger partial charge in [0, 0.05) is 0 Å². The first-order chi connectivity index (χ1) is 16.4. The van der Waals surface area contributed by atoms with Crippen molar-refractivity contribution in [3.63, 3.8) is 0 Å². The van der Waals surface area contributed by atoms with Gasteiger partial charge in [-0.1, -0.05) is 17.8 Å². The lowest BCUT2D eigenvalue weighted by atomic mass is 10.1. The van der Waals surface area contributed by atoms with Gasteiger partial charge in [0.1, 0.15) is 16.9 Å². The van der Waals surface area contributed by atoms with E-state index in [-0.39, 0.29) is 32.0 Å². The number of nitrogens with two attached hydrogens (primary N) is 1. The Kier molecular flexibility index (Phi) is 8.54. The number of thioether (sulfide) groups is 1. The van der Waals surface area contributed by atoms with E-state index in [1.54, 1.807) is 38.3 Å². The molecule has 35 heavy (non-hydrogen) atoms. The van der Waals surface area contributed by atoms with Crippen LogP contribution in [0.1, 0.15) is 46.6 Å². The van der Waals surface area contributed by atoms with Crippen molar-refractivity contribution in [2.24, 2.45) is 5.73 Å². The molecule has 0 aliphatic carbocycles. The first-order valence-electron chi connectivity index (χ1n) is 10.1. The summed E-state index contributed by atoms with van der Waals surface area (Å²) in [5.74, 6) is -1.65. The van der Waals surface area contributed by atoms with Crippen LogP contribution in [0.15, 0.2) is 28.7 Å². The second-order valence-electron chi connectivity index (χ2n) is 7.43. The SMILES string of the molecule is Cc1c(C(N)O)sc(NC(=O)CSc2nc(-c3cccs3)cc(C(F)(F)F)n2)c1C(=O)OC(C)C. The molecule has 0 aliphatic rings. The van der Waals surface area contributed by atoms with E-state index >= 15 is 0 Å². The maximum Gasteiger partial charge on any atom is 0.433 e. The number of rotatable bonds is 8. The van der Waals surface area contributed by atoms with E-state index in [1.807, 2.05) is 0 Å². The predicted octanol–water partition coefficient (Wildman–Crippen LogP) is 4.84. The van der Waals surface area contributed by atoms with E-state index < -0.39 is 36.1 Å². The number of hydrogen-bond donors (Lipinski definition) is 3. The number of nitrogens with zero attached hydrogens (tertiary/aromatic N) is 2. The monoisotopic (exact) mass is 546 g/mol. The second kappa shape index (κ2) is 11.0. The number of alkyl halides is 3. The molecule has 1 amide bonds. The largest absolute Gasteiger partial charge is 0.459 e. The number of esters is 1. The third-order valence-electron chi connectivity index (χ3n) is 4.35. The molecule has 0 bridgehead atoms. The minimum absolute atomic E-state index is 0.0526. The zero-order chi connectivity index (χ0) is 25.9. The Morgan fingerprint density at radius 3 is 2.60 bits per heavy atom. The highest BCUT2D eigenvalue weighted by Gasteiger charge is 2.34. The third-order valence-corrected chi connectivity index (χ3v) is 7.37. The van der Waals surface area contributed by atoms with Gasteiger partial charge in [-0.2, -0.15) is 13.2 Å². The average molecular weight is 547 g/mol. The van der Waals surface area contributed by atoms with Gasteiger partial charge in [-0.3, -0.25) is 4.79 Å². The number of amides is 1. The van der Waals surface area contributed by atoms with Crippen molar-refractivity contribution in [1.82, 2.24) is 9.97 Å². The molecule has 0 saturated carbocycles. The molecule has 0 spiro atoms. The normalized spacial score (nSPS) is 12.6. The molecule has 1 unspecified atom stereocenters. The topological polar surface area (TPSA) is 127 Å². The Hall–Kier alpha value is -2.52. The Labute approximate surface area is 210 Å². The van der Waals surface area contributed by atoms with Crippen LogP contribution in [0.3, 0.4) is 0 Å². The second-order valence-corrected chi connectivity index (χ2v) is 10.4. The highest BCUT2D eigenvalue weighted by molar-refractivity contribution is 7.99. The zero-order valence-electron chi connectivity index (χ0n) is 18.7. The van der Waals surface area contributed by atoms with E-state index in [9.17, 15) is 27.9 Å². The van der Waals surface area contributed by atoms with Gasteiger partial charge in [0.25, 0.3) is 0 Å². The summed E-state index contributed by atoms with van der Waals surface area (Å²) in [7, 11) is 0. The predicted molar refractivity (Wildman–Crippen MR) is 128 cm³/mol. The number of thiophene rings is 2. The molecule has 188 valence electrons. The van der Waals surface area contributed by atoms with Gasteiger partial charge >= 0.3 is 12.1 Å². The number of ether oxygens (including phenoxy) is 1. The molecular weight excluding hydrogens is 525 g/mol. The molecule has 0 fully saturated rings. The van der Waals surface area contributed by atoms with Crippen LogP contribution in [0.4, 0.5) is 18.2 Å². The lowest BCUT2D eigenvalue weighted by Crippen LogP contribution is -2.18. The van der Waals surface area contributed by atoms with Gasteiger partial charge < -0.3 is 20.9 Å². The number of carbonyl (C=O) groups is 2. The molecule has 4 N–H and O–H groups in total. The van der Waals surface area contributed by atoms with Crippen molar-refractivity contribution in [2.75, 3.05) is 11.1 Å². The van der Waals surface area contributed by atoms with Gasteiger partial charge in [-0.25, -0.2) is 14.8 Å². The standard InChI is InChI=1S/C21H21F3N4O4S3/c1-9(2)32-19(31)15-10(3)16(17(25)30)35-18(15)28-14(29)8-34-20-26-11(12-5-4-6-33-12)7-13(27-20)21(22,23)24/h4-7,9,17,30H,8,25H2,1-3H3,(H,28,29). The van der Waals surface area contributed by atoms with Crippen molar-refractivity contribution < 1.29 is 32.6 Å². The molecule has 3 rings (SSSR count). The maximum atomic E-state index is 13.3. The molecule has 14 heteroatoms. The fourth-order valence-corrected chi connectivity index (χ4v) is 5.34. The van der Waals surface area contributed by atoms with Crippen LogP contribution in [0, 0.1) is 6.92 Å². The van der Waals surface area contributed by atoms with Crippen molar-refractivity contribution in [2.45, 2.75) is 44.4 Å².